The first-order valence-electron chi connectivity index (χ1n) is 10.1. The number of carbonyl (C=O) groups excluding carboxylic acids is 1. The predicted molar refractivity (Wildman–Crippen MR) is 125 cm³/mol. The molecule has 0 radical (unpaired) electrons. The smallest absolute Gasteiger partial charge is 0.341 e. The first-order valence-corrected chi connectivity index (χ1v) is 10.1. The number of guanidine groups is 1. The molecule has 0 spiro atoms. The van der Waals surface area contributed by atoms with Crippen LogP contribution in [0.3, 0.4) is 0 Å². The van der Waals surface area contributed by atoms with Gasteiger partial charge in [-0.05, 0) is 37.0 Å². The van der Waals surface area contributed by atoms with Crippen LogP contribution >= 0.6 is 24.0 Å². The van der Waals surface area contributed by atoms with Crippen LogP contribution in [0.25, 0.3) is 0 Å². The molecule has 2 fully saturated rings. The van der Waals surface area contributed by atoms with Crippen molar-refractivity contribution in [2.24, 2.45) is 4.99 Å². The van der Waals surface area contributed by atoms with E-state index in [2.05, 4.69) is 20.5 Å². The number of esters is 1. The van der Waals surface area contributed by atoms with Crippen molar-refractivity contribution in [1.82, 2.24) is 15.5 Å². The Hall–Kier alpha value is -1.55. The van der Waals surface area contributed by atoms with E-state index in [1.807, 2.05) is 6.07 Å². The molecule has 1 aromatic carbocycles. The SMILES string of the molecule is CN=C(NCc1ccc(OC)c(C(=O)OC)c1)NC1CCN(C2CCCC2)C1.I. The molecular formula is C21H33IN4O3. The van der Waals surface area contributed by atoms with Gasteiger partial charge in [0.1, 0.15) is 11.3 Å². The summed E-state index contributed by atoms with van der Waals surface area (Å²) < 4.78 is 10.1. The summed E-state index contributed by atoms with van der Waals surface area (Å²) in [6, 6.07) is 6.72. The summed E-state index contributed by atoms with van der Waals surface area (Å²) in [7, 11) is 4.70. The first kappa shape index (κ1) is 23.7. The van der Waals surface area contributed by atoms with Crippen LogP contribution in [0.1, 0.15) is 48.0 Å². The molecule has 1 aliphatic carbocycles. The number of rotatable bonds is 6. The molecule has 1 atom stereocenters. The minimum Gasteiger partial charge on any atom is -0.496 e. The molecule has 1 saturated heterocycles. The molecule has 1 saturated carbocycles. The first-order chi connectivity index (χ1) is 13.6. The number of likely N-dealkylation sites (tertiary alicyclic amines) is 1. The van der Waals surface area contributed by atoms with Gasteiger partial charge in [-0.2, -0.15) is 0 Å². The Bertz CT molecular complexity index is 707. The number of benzene rings is 1. The van der Waals surface area contributed by atoms with Crippen LogP contribution in [-0.2, 0) is 11.3 Å². The van der Waals surface area contributed by atoms with Crippen molar-refractivity contribution in [2.75, 3.05) is 34.4 Å². The van der Waals surface area contributed by atoms with Gasteiger partial charge in [-0.1, -0.05) is 18.9 Å². The Kier molecular flexibility index (Phi) is 9.48. The maximum absolute atomic E-state index is 11.9. The molecule has 1 heterocycles. The van der Waals surface area contributed by atoms with Crippen LogP contribution in [0, 0.1) is 0 Å². The molecule has 162 valence electrons. The van der Waals surface area contributed by atoms with Gasteiger partial charge in [-0.15, -0.1) is 24.0 Å². The Balaban J connectivity index is 0.00000300. The Morgan fingerprint density at radius 3 is 2.66 bits per heavy atom. The van der Waals surface area contributed by atoms with Gasteiger partial charge < -0.3 is 20.1 Å². The second-order valence-corrected chi connectivity index (χ2v) is 7.52. The molecule has 0 aromatic heterocycles. The molecule has 8 heteroatoms. The monoisotopic (exact) mass is 516 g/mol. The fourth-order valence-electron chi connectivity index (χ4n) is 4.21. The fourth-order valence-corrected chi connectivity index (χ4v) is 4.21. The molecule has 0 bridgehead atoms. The van der Waals surface area contributed by atoms with E-state index in [1.165, 1.54) is 39.3 Å². The molecule has 1 aromatic rings. The van der Waals surface area contributed by atoms with Gasteiger partial charge >= 0.3 is 5.97 Å². The number of methoxy groups -OCH3 is 2. The van der Waals surface area contributed by atoms with E-state index in [1.54, 1.807) is 26.3 Å². The number of nitrogens with one attached hydrogen (secondary N) is 2. The van der Waals surface area contributed by atoms with Crippen molar-refractivity contribution >= 4 is 35.9 Å². The van der Waals surface area contributed by atoms with Crippen molar-refractivity contribution < 1.29 is 14.3 Å². The Morgan fingerprint density at radius 1 is 1.24 bits per heavy atom. The van der Waals surface area contributed by atoms with Crippen LogP contribution in [-0.4, -0.2) is 63.3 Å². The quantitative estimate of drug-likeness (QED) is 0.262. The van der Waals surface area contributed by atoms with Crippen LogP contribution in [0.15, 0.2) is 23.2 Å². The van der Waals surface area contributed by atoms with Crippen molar-refractivity contribution in [3.05, 3.63) is 29.3 Å². The van der Waals surface area contributed by atoms with E-state index in [0.717, 1.165) is 30.5 Å². The van der Waals surface area contributed by atoms with E-state index in [4.69, 9.17) is 9.47 Å². The van der Waals surface area contributed by atoms with Gasteiger partial charge in [0.05, 0.1) is 14.2 Å². The van der Waals surface area contributed by atoms with Crippen LogP contribution < -0.4 is 15.4 Å². The number of aliphatic imine (C=N–C) groups is 1. The maximum Gasteiger partial charge on any atom is 0.341 e. The third-order valence-corrected chi connectivity index (χ3v) is 5.75. The summed E-state index contributed by atoms with van der Waals surface area (Å²) in [4.78, 5) is 18.9. The molecule has 3 rings (SSSR count). The summed E-state index contributed by atoms with van der Waals surface area (Å²) in [6.45, 7) is 2.81. The zero-order valence-corrected chi connectivity index (χ0v) is 19.9. The molecule has 7 nitrogen and oxygen atoms in total. The Labute approximate surface area is 190 Å². The molecule has 1 unspecified atom stereocenters. The van der Waals surface area contributed by atoms with Gasteiger partial charge in [-0.25, -0.2) is 4.79 Å². The largest absolute Gasteiger partial charge is 0.496 e. The van der Waals surface area contributed by atoms with Gasteiger partial charge in [0.2, 0.25) is 0 Å². The normalized spacial score (nSPS) is 20.2. The molecule has 2 aliphatic rings. The van der Waals surface area contributed by atoms with Crippen molar-refractivity contribution in [1.29, 1.82) is 0 Å². The number of hydrogen-bond acceptors (Lipinski definition) is 5. The predicted octanol–water partition coefficient (Wildman–Crippen LogP) is 2.78. The third kappa shape index (κ3) is 6.21. The lowest BCUT2D eigenvalue weighted by atomic mass is 10.1. The Morgan fingerprint density at radius 2 is 2.00 bits per heavy atom. The molecule has 1 aliphatic heterocycles. The number of ether oxygens (including phenoxy) is 2. The highest BCUT2D eigenvalue weighted by molar-refractivity contribution is 14.0. The zero-order chi connectivity index (χ0) is 19.9. The van der Waals surface area contributed by atoms with E-state index in [-0.39, 0.29) is 24.0 Å². The number of hydrogen-bond donors (Lipinski definition) is 2. The summed E-state index contributed by atoms with van der Waals surface area (Å²) in [5.74, 6) is 0.893. The lowest BCUT2D eigenvalue weighted by Gasteiger charge is -2.24. The highest BCUT2D eigenvalue weighted by Crippen LogP contribution is 2.26. The standard InChI is InChI=1S/C21H32N4O3.HI/c1-22-21(24-16-10-11-25(14-16)17-6-4-5-7-17)23-13-15-8-9-19(27-2)18(12-15)20(26)28-3;/h8-9,12,16-17H,4-7,10-11,13-14H2,1-3H3,(H2,22,23,24);1H. The number of carbonyl (C=O) groups is 1. The van der Waals surface area contributed by atoms with Crippen molar-refractivity contribution in [2.45, 2.75) is 50.7 Å². The summed E-state index contributed by atoms with van der Waals surface area (Å²) in [5, 5.41) is 6.89. The van der Waals surface area contributed by atoms with E-state index < -0.39 is 5.97 Å². The minimum absolute atomic E-state index is 0. The van der Waals surface area contributed by atoms with Crippen LogP contribution in [0.5, 0.6) is 5.75 Å². The van der Waals surface area contributed by atoms with Gasteiger partial charge in [0, 0.05) is 38.8 Å². The summed E-state index contributed by atoms with van der Waals surface area (Å²) in [6.07, 6.45) is 6.58. The molecule has 0 amide bonds. The average molecular weight is 516 g/mol. The highest BCUT2D eigenvalue weighted by atomic mass is 127. The lowest BCUT2D eigenvalue weighted by molar-refractivity contribution is 0.0597. The fraction of sp³-hybridized carbons (Fsp3) is 0.619. The second-order valence-electron chi connectivity index (χ2n) is 7.52. The average Bonchev–Trinajstić information content (AvgIpc) is 3.42. The number of nitrogens with zero attached hydrogens (tertiary/aromatic N) is 2. The zero-order valence-electron chi connectivity index (χ0n) is 17.6. The molecule has 2 N–H and O–H groups in total. The van der Waals surface area contributed by atoms with E-state index >= 15 is 0 Å². The second kappa shape index (κ2) is 11.6. The van der Waals surface area contributed by atoms with Crippen molar-refractivity contribution in [3.8, 4) is 5.75 Å². The molecular weight excluding hydrogens is 483 g/mol. The van der Waals surface area contributed by atoms with Crippen LogP contribution in [0.2, 0.25) is 0 Å². The van der Waals surface area contributed by atoms with Crippen LogP contribution in [0.4, 0.5) is 0 Å². The summed E-state index contributed by atoms with van der Waals surface area (Å²) in [5.41, 5.74) is 1.39. The van der Waals surface area contributed by atoms with Crippen molar-refractivity contribution in [3.63, 3.8) is 0 Å². The van der Waals surface area contributed by atoms with Gasteiger partial charge in [-0.3, -0.25) is 9.89 Å². The van der Waals surface area contributed by atoms with E-state index in [0.29, 0.717) is 23.9 Å². The third-order valence-electron chi connectivity index (χ3n) is 5.75. The molecule has 29 heavy (non-hydrogen) atoms. The topological polar surface area (TPSA) is 75.2 Å². The lowest BCUT2D eigenvalue weighted by Crippen LogP contribution is -2.45. The summed E-state index contributed by atoms with van der Waals surface area (Å²) >= 11 is 0. The minimum atomic E-state index is -0.404. The number of halogens is 1. The highest BCUT2D eigenvalue weighted by Gasteiger charge is 2.30. The van der Waals surface area contributed by atoms with Gasteiger partial charge in [0.15, 0.2) is 5.96 Å². The van der Waals surface area contributed by atoms with Gasteiger partial charge in [0.25, 0.3) is 0 Å². The maximum atomic E-state index is 11.9. The van der Waals surface area contributed by atoms with E-state index in [9.17, 15) is 4.79 Å².